The fraction of sp³-hybridized carbons (Fsp3) is 0.474. The largest absolute Gasteiger partial charge is 0.494 e. The molecule has 0 amide bonds. The molecule has 0 radical (unpaired) electrons. The first-order chi connectivity index (χ1) is 13.0. The van der Waals surface area contributed by atoms with Gasteiger partial charge in [-0.15, -0.1) is 0 Å². The van der Waals surface area contributed by atoms with Crippen LogP contribution in [0.25, 0.3) is 0 Å². The van der Waals surface area contributed by atoms with E-state index >= 15 is 0 Å². The Morgan fingerprint density at radius 3 is 2.67 bits per heavy atom. The number of ether oxygens (including phenoxy) is 1. The van der Waals surface area contributed by atoms with Gasteiger partial charge in [0.25, 0.3) is 0 Å². The summed E-state index contributed by atoms with van der Waals surface area (Å²) in [6.07, 6.45) is 5.24. The molecule has 146 valence electrons. The lowest BCUT2D eigenvalue weighted by Crippen LogP contribution is -2.31. The highest BCUT2D eigenvalue weighted by atomic mass is 32.2. The van der Waals surface area contributed by atoms with Gasteiger partial charge in [0.15, 0.2) is 0 Å². The van der Waals surface area contributed by atoms with E-state index < -0.39 is 10.0 Å². The fourth-order valence-corrected chi connectivity index (χ4v) is 4.19. The molecule has 8 heteroatoms. The summed E-state index contributed by atoms with van der Waals surface area (Å²) in [6, 6.07) is 6.71. The number of hydrogen-bond donors (Lipinski definition) is 1. The maximum atomic E-state index is 12.6. The van der Waals surface area contributed by atoms with Crippen molar-refractivity contribution in [1.29, 1.82) is 0 Å². The summed E-state index contributed by atoms with van der Waals surface area (Å²) in [6.45, 7) is 6.27. The van der Waals surface area contributed by atoms with Gasteiger partial charge in [0.1, 0.15) is 17.4 Å². The fourth-order valence-electron chi connectivity index (χ4n) is 3.12. The summed E-state index contributed by atoms with van der Waals surface area (Å²) >= 11 is 0. The number of aromatic nitrogens is 2. The Labute approximate surface area is 160 Å². The van der Waals surface area contributed by atoms with Crippen LogP contribution in [0.2, 0.25) is 0 Å². The van der Waals surface area contributed by atoms with Crippen molar-refractivity contribution in [1.82, 2.24) is 14.7 Å². The van der Waals surface area contributed by atoms with Gasteiger partial charge < -0.3 is 9.64 Å². The van der Waals surface area contributed by atoms with E-state index in [1.165, 1.54) is 6.42 Å². The molecule has 7 nitrogen and oxygen atoms in total. The molecule has 0 bridgehead atoms. The number of sulfonamides is 1. The van der Waals surface area contributed by atoms with Crippen LogP contribution in [-0.2, 0) is 16.6 Å². The van der Waals surface area contributed by atoms with Crippen molar-refractivity contribution >= 4 is 15.8 Å². The van der Waals surface area contributed by atoms with E-state index in [4.69, 9.17) is 4.74 Å². The molecule has 0 spiro atoms. The molecule has 3 rings (SSSR count). The lowest BCUT2D eigenvalue weighted by atomic mass is 10.1. The van der Waals surface area contributed by atoms with E-state index in [0.29, 0.717) is 18.2 Å². The van der Waals surface area contributed by atoms with Crippen molar-refractivity contribution in [3.63, 3.8) is 0 Å². The van der Waals surface area contributed by atoms with E-state index in [-0.39, 0.29) is 11.4 Å². The summed E-state index contributed by atoms with van der Waals surface area (Å²) in [7, 11) is -3.65. The lowest BCUT2D eigenvalue weighted by Gasteiger charge is -2.27. The van der Waals surface area contributed by atoms with Gasteiger partial charge in [-0.05, 0) is 62.9 Å². The molecule has 1 aliphatic rings. The highest BCUT2D eigenvalue weighted by Crippen LogP contribution is 2.22. The van der Waals surface area contributed by atoms with Gasteiger partial charge in [0, 0.05) is 19.3 Å². The number of benzene rings is 1. The number of aryl methyl sites for hydroxylation is 1. The number of nitrogens with zero attached hydrogens (tertiary/aromatic N) is 3. The van der Waals surface area contributed by atoms with Gasteiger partial charge >= 0.3 is 0 Å². The van der Waals surface area contributed by atoms with Crippen molar-refractivity contribution < 1.29 is 13.2 Å². The third-order valence-electron chi connectivity index (χ3n) is 4.55. The standard InChI is InChI=1S/C19H26N4O3S/c1-3-26-17-8-7-16(13-15(17)2)27(24,25)21-14-18-20-10-9-19(22-18)23-11-5-4-6-12-23/h7-10,13,21H,3-6,11-12,14H2,1-2H3. The second kappa shape index (κ2) is 8.67. The van der Waals surface area contributed by atoms with E-state index in [9.17, 15) is 8.42 Å². The second-order valence-corrected chi connectivity index (χ2v) is 8.33. The highest BCUT2D eigenvalue weighted by Gasteiger charge is 2.17. The monoisotopic (exact) mass is 390 g/mol. The minimum Gasteiger partial charge on any atom is -0.494 e. The molecule has 1 N–H and O–H groups in total. The molecule has 1 aromatic carbocycles. The third-order valence-corrected chi connectivity index (χ3v) is 5.95. The first-order valence-electron chi connectivity index (χ1n) is 9.29. The molecule has 0 saturated carbocycles. The molecule has 0 unspecified atom stereocenters. The Morgan fingerprint density at radius 1 is 1.19 bits per heavy atom. The summed E-state index contributed by atoms with van der Waals surface area (Å²) in [5, 5.41) is 0. The highest BCUT2D eigenvalue weighted by molar-refractivity contribution is 7.89. The molecule has 1 aromatic heterocycles. The molecule has 1 saturated heterocycles. The third kappa shape index (κ3) is 4.95. The van der Waals surface area contributed by atoms with E-state index in [2.05, 4.69) is 19.6 Å². The van der Waals surface area contributed by atoms with Gasteiger partial charge in [-0.2, -0.15) is 0 Å². The number of piperidine rings is 1. The molecule has 0 atom stereocenters. The zero-order valence-corrected chi connectivity index (χ0v) is 16.6. The summed E-state index contributed by atoms with van der Waals surface area (Å²) in [5.41, 5.74) is 0.781. The maximum Gasteiger partial charge on any atom is 0.240 e. The van der Waals surface area contributed by atoms with Crippen LogP contribution in [0.5, 0.6) is 5.75 Å². The molecule has 27 heavy (non-hydrogen) atoms. The summed E-state index contributed by atoms with van der Waals surface area (Å²) < 4.78 is 33.2. The molecular weight excluding hydrogens is 364 g/mol. The molecular formula is C19H26N4O3S. The van der Waals surface area contributed by atoms with Crippen molar-refractivity contribution in [2.75, 3.05) is 24.6 Å². The van der Waals surface area contributed by atoms with Crippen molar-refractivity contribution in [3.05, 3.63) is 41.9 Å². The number of anilines is 1. The van der Waals surface area contributed by atoms with E-state index in [1.807, 2.05) is 19.9 Å². The number of rotatable bonds is 7. The predicted octanol–water partition coefficient (Wildman–Crippen LogP) is 2.65. The van der Waals surface area contributed by atoms with Crippen LogP contribution in [0.15, 0.2) is 35.4 Å². The van der Waals surface area contributed by atoms with Crippen molar-refractivity contribution in [3.8, 4) is 5.75 Å². The molecule has 0 aliphatic carbocycles. The zero-order chi connectivity index (χ0) is 19.3. The van der Waals surface area contributed by atoms with Gasteiger partial charge in [-0.1, -0.05) is 0 Å². The predicted molar refractivity (Wildman–Crippen MR) is 104 cm³/mol. The maximum absolute atomic E-state index is 12.6. The number of nitrogens with one attached hydrogen (secondary N) is 1. The summed E-state index contributed by atoms with van der Waals surface area (Å²) in [5.74, 6) is 2.01. The van der Waals surface area contributed by atoms with Gasteiger partial charge in [0.2, 0.25) is 10.0 Å². The summed E-state index contributed by atoms with van der Waals surface area (Å²) in [4.78, 5) is 11.1. The topological polar surface area (TPSA) is 84.4 Å². The van der Waals surface area contributed by atoms with Crippen LogP contribution in [0.3, 0.4) is 0 Å². The van der Waals surface area contributed by atoms with Gasteiger partial charge in [-0.3, -0.25) is 0 Å². The Hall–Kier alpha value is -2.19. The molecule has 2 heterocycles. The normalized spacial score (nSPS) is 15.0. The molecule has 1 aliphatic heterocycles. The smallest absolute Gasteiger partial charge is 0.240 e. The average molecular weight is 391 g/mol. The van der Waals surface area contributed by atoms with Crippen LogP contribution in [0, 0.1) is 6.92 Å². The zero-order valence-electron chi connectivity index (χ0n) is 15.8. The van der Waals surface area contributed by atoms with Crippen molar-refractivity contribution in [2.24, 2.45) is 0 Å². The Morgan fingerprint density at radius 2 is 1.96 bits per heavy atom. The van der Waals surface area contributed by atoms with Crippen LogP contribution >= 0.6 is 0 Å². The van der Waals surface area contributed by atoms with E-state index in [1.54, 1.807) is 24.4 Å². The Kier molecular flexibility index (Phi) is 6.28. The first-order valence-corrected chi connectivity index (χ1v) is 10.8. The van der Waals surface area contributed by atoms with Gasteiger partial charge in [-0.25, -0.2) is 23.1 Å². The lowest BCUT2D eigenvalue weighted by molar-refractivity contribution is 0.337. The number of hydrogen-bond acceptors (Lipinski definition) is 6. The first kappa shape index (κ1) is 19.6. The Bertz CT molecular complexity index is 880. The van der Waals surface area contributed by atoms with Crippen LogP contribution in [0.4, 0.5) is 5.82 Å². The van der Waals surface area contributed by atoms with Crippen molar-refractivity contribution in [2.45, 2.75) is 44.6 Å². The minimum absolute atomic E-state index is 0.0519. The SMILES string of the molecule is CCOc1ccc(S(=O)(=O)NCc2nccc(N3CCCCC3)n2)cc1C. The van der Waals surface area contributed by atoms with Crippen LogP contribution in [-0.4, -0.2) is 38.1 Å². The Balaban J connectivity index is 1.69. The van der Waals surface area contributed by atoms with Crippen LogP contribution in [0.1, 0.15) is 37.6 Å². The van der Waals surface area contributed by atoms with Gasteiger partial charge in [0.05, 0.1) is 18.0 Å². The minimum atomic E-state index is -3.65. The van der Waals surface area contributed by atoms with E-state index in [0.717, 1.165) is 37.3 Å². The molecule has 1 fully saturated rings. The average Bonchev–Trinajstić information content (AvgIpc) is 2.69. The molecule has 2 aromatic rings. The second-order valence-electron chi connectivity index (χ2n) is 6.56. The van der Waals surface area contributed by atoms with Crippen LogP contribution < -0.4 is 14.4 Å². The quantitative estimate of drug-likeness (QED) is 0.782.